The molecule has 1 heterocycles. The van der Waals surface area contributed by atoms with E-state index in [-0.39, 0.29) is 21.3 Å². The molecular formula is C26H18O6S3. The zero-order valence-electron chi connectivity index (χ0n) is 18.1. The Morgan fingerprint density at radius 3 is 1.63 bits per heavy atom. The Morgan fingerprint density at radius 1 is 0.543 bits per heavy atom. The quantitative estimate of drug-likeness (QED) is 0.240. The van der Waals surface area contributed by atoms with Crippen LogP contribution in [-0.2, 0) is 20.2 Å². The zero-order chi connectivity index (χ0) is 24.5. The molecule has 5 rings (SSSR count). The number of thiophene rings is 1. The highest BCUT2D eigenvalue weighted by atomic mass is 32.2. The molecule has 1 aromatic heterocycles. The molecule has 0 fully saturated rings. The predicted molar refractivity (Wildman–Crippen MR) is 136 cm³/mol. The molecule has 0 aliphatic rings. The first-order chi connectivity index (χ1) is 16.8. The number of rotatable bonds is 7. The minimum Gasteiger partial charge on any atom is -0.379 e. The Hall–Kier alpha value is -3.66. The normalized spacial score (nSPS) is 11.9. The molecule has 9 heteroatoms. The van der Waals surface area contributed by atoms with Crippen molar-refractivity contribution in [1.29, 1.82) is 0 Å². The van der Waals surface area contributed by atoms with Gasteiger partial charge in [-0.3, -0.25) is 0 Å². The Kier molecular flexibility index (Phi) is 6.06. The van der Waals surface area contributed by atoms with Crippen molar-refractivity contribution in [3.8, 4) is 21.9 Å². The third kappa shape index (κ3) is 5.07. The summed E-state index contributed by atoms with van der Waals surface area (Å²) in [5.41, 5.74) is 0.870. The van der Waals surface area contributed by atoms with Crippen molar-refractivity contribution in [2.75, 3.05) is 0 Å². The molecule has 0 unspecified atom stereocenters. The molecule has 0 aliphatic heterocycles. The Bertz CT molecular complexity index is 1690. The molecule has 4 aromatic carbocycles. The average Bonchev–Trinajstić information content (AvgIpc) is 3.29. The molecule has 0 spiro atoms. The maximum absolute atomic E-state index is 12.5. The van der Waals surface area contributed by atoms with Gasteiger partial charge in [-0.1, -0.05) is 36.4 Å². The van der Waals surface area contributed by atoms with E-state index in [1.165, 1.54) is 35.6 Å². The molecule has 0 amide bonds. The maximum atomic E-state index is 12.5. The minimum absolute atomic E-state index is 0.0842. The van der Waals surface area contributed by atoms with Crippen LogP contribution in [0.3, 0.4) is 0 Å². The van der Waals surface area contributed by atoms with Gasteiger partial charge in [0, 0.05) is 9.58 Å². The standard InChI is InChI=1S/C26H18O6S3/c27-34(28,23-7-3-1-4-8-23)31-21-14-11-19(12-15-21)25-17-20-13-16-22(18-26(20)33-25)32-35(29,30)24-9-5-2-6-10-24/h1-18H. The van der Waals surface area contributed by atoms with Crippen molar-refractivity contribution in [3.05, 3.63) is 109 Å². The van der Waals surface area contributed by atoms with Gasteiger partial charge in [-0.25, -0.2) is 0 Å². The summed E-state index contributed by atoms with van der Waals surface area (Å²) in [6.07, 6.45) is 0. The van der Waals surface area contributed by atoms with Crippen molar-refractivity contribution in [2.24, 2.45) is 0 Å². The molecule has 0 bridgehead atoms. The van der Waals surface area contributed by atoms with Gasteiger partial charge in [0.25, 0.3) is 0 Å². The van der Waals surface area contributed by atoms with Crippen molar-refractivity contribution < 1.29 is 25.2 Å². The van der Waals surface area contributed by atoms with Crippen LogP contribution in [0.2, 0.25) is 0 Å². The second-order valence-corrected chi connectivity index (χ2v) is 11.7. The van der Waals surface area contributed by atoms with E-state index < -0.39 is 20.2 Å². The lowest BCUT2D eigenvalue weighted by Crippen LogP contribution is -2.09. The van der Waals surface area contributed by atoms with E-state index in [1.54, 1.807) is 78.9 Å². The highest BCUT2D eigenvalue weighted by Crippen LogP contribution is 2.36. The first-order valence-electron chi connectivity index (χ1n) is 10.4. The summed E-state index contributed by atoms with van der Waals surface area (Å²) < 4.78 is 61.3. The van der Waals surface area contributed by atoms with Crippen molar-refractivity contribution >= 4 is 41.7 Å². The molecular weight excluding hydrogens is 504 g/mol. The lowest BCUT2D eigenvalue weighted by atomic mass is 10.1. The summed E-state index contributed by atoms with van der Waals surface area (Å²) in [7, 11) is -7.84. The summed E-state index contributed by atoms with van der Waals surface area (Å²) in [5, 5.41) is 0.932. The van der Waals surface area contributed by atoms with E-state index in [9.17, 15) is 16.8 Å². The van der Waals surface area contributed by atoms with Gasteiger partial charge in [0.1, 0.15) is 21.3 Å². The van der Waals surface area contributed by atoms with E-state index in [0.717, 1.165) is 20.5 Å². The first-order valence-corrected chi connectivity index (χ1v) is 14.1. The molecule has 0 saturated heterocycles. The number of fused-ring (bicyclic) bond motifs is 1. The monoisotopic (exact) mass is 522 g/mol. The summed E-state index contributed by atoms with van der Waals surface area (Å²) >= 11 is 1.47. The summed E-state index contributed by atoms with van der Waals surface area (Å²) in [6.45, 7) is 0. The fourth-order valence-corrected chi connectivity index (χ4v) is 6.40. The van der Waals surface area contributed by atoms with Gasteiger partial charge in [-0.05, 0) is 83.7 Å². The van der Waals surface area contributed by atoms with Gasteiger partial charge < -0.3 is 8.37 Å². The number of benzene rings is 4. The van der Waals surface area contributed by atoms with Crippen LogP contribution in [0.1, 0.15) is 0 Å². The molecule has 0 aliphatic carbocycles. The summed E-state index contributed by atoms with van der Waals surface area (Å²) in [5.74, 6) is 0.435. The highest BCUT2D eigenvalue weighted by molar-refractivity contribution is 7.87. The molecule has 0 atom stereocenters. The lowest BCUT2D eigenvalue weighted by molar-refractivity contribution is 0.484. The summed E-state index contributed by atoms with van der Waals surface area (Å²) in [6, 6.07) is 29.8. The molecule has 176 valence electrons. The first kappa shape index (κ1) is 23.1. The second-order valence-electron chi connectivity index (χ2n) is 7.54. The molecule has 0 radical (unpaired) electrons. The summed E-state index contributed by atoms with van der Waals surface area (Å²) in [4.78, 5) is 1.10. The van der Waals surface area contributed by atoms with Crippen molar-refractivity contribution in [2.45, 2.75) is 9.79 Å². The number of hydrogen-bond donors (Lipinski definition) is 0. The smallest absolute Gasteiger partial charge is 0.339 e. The zero-order valence-corrected chi connectivity index (χ0v) is 20.5. The van der Waals surface area contributed by atoms with Gasteiger partial charge in [0.05, 0.1) is 0 Å². The van der Waals surface area contributed by atoms with Crippen LogP contribution in [0.4, 0.5) is 0 Å². The highest BCUT2D eigenvalue weighted by Gasteiger charge is 2.18. The van der Waals surface area contributed by atoms with Crippen LogP contribution in [0.5, 0.6) is 11.5 Å². The Labute approximate surface area is 207 Å². The predicted octanol–water partition coefficient (Wildman–Crippen LogP) is 6.10. The van der Waals surface area contributed by atoms with E-state index in [2.05, 4.69) is 0 Å². The van der Waals surface area contributed by atoms with Gasteiger partial charge in [0.2, 0.25) is 0 Å². The molecule has 0 saturated carbocycles. The molecule has 0 N–H and O–H groups in total. The fraction of sp³-hybridized carbons (Fsp3) is 0. The average molecular weight is 523 g/mol. The third-order valence-corrected chi connectivity index (χ3v) is 8.78. The van der Waals surface area contributed by atoms with Crippen LogP contribution in [-0.4, -0.2) is 16.8 Å². The van der Waals surface area contributed by atoms with Gasteiger partial charge in [0.15, 0.2) is 0 Å². The van der Waals surface area contributed by atoms with E-state index in [4.69, 9.17) is 8.37 Å². The van der Waals surface area contributed by atoms with E-state index >= 15 is 0 Å². The third-order valence-electron chi connectivity index (χ3n) is 5.11. The van der Waals surface area contributed by atoms with Crippen LogP contribution in [0, 0.1) is 0 Å². The SMILES string of the molecule is O=S(=O)(Oc1ccc(-c2cc3ccc(OS(=O)(=O)c4ccccc4)cc3s2)cc1)c1ccccc1. The maximum Gasteiger partial charge on any atom is 0.339 e. The topological polar surface area (TPSA) is 86.7 Å². The molecule has 5 aromatic rings. The molecule has 6 nitrogen and oxygen atoms in total. The van der Waals surface area contributed by atoms with E-state index in [0.29, 0.717) is 0 Å². The van der Waals surface area contributed by atoms with Gasteiger partial charge in [-0.2, -0.15) is 16.8 Å². The Morgan fingerprint density at radius 2 is 1.06 bits per heavy atom. The van der Waals surface area contributed by atoms with Crippen LogP contribution in [0.15, 0.2) is 119 Å². The largest absolute Gasteiger partial charge is 0.379 e. The van der Waals surface area contributed by atoms with Crippen LogP contribution >= 0.6 is 11.3 Å². The lowest BCUT2D eigenvalue weighted by Gasteiger charge is -2.07. The van der Waals surface area contributed by atoms with Crippen molar-refractivity contribution in [1.82, 2.24) is 0 Å². The Balaban J connectivity index is 1.36. The van der Waals surface area contributed by atoms with Crippen LogP contribution in [0.25, 0.3) is 20.5 Å². The van der Waals surface area contributed by atoms with Gasteiger partial charge >= 0.3 is 20.2 Å². The van der Waals surface area contributed by atoms with Crippen molar-refractivity contribution in [3.63, 3.8) is 0 Å². The minimum atomic E-state index is -3.93. The van der Waals surface area contributed by atoms with E-state index in [1.807, 2.05) is 6.07 Å². The van der Waals surface area contributed by atoms with Crippen LogP contribution < -0.4 is 8.37 Å². The second kappa shape index (κ2) is 9.18. The fourth-order valence-electron chi connectivity index (χ4n) is 3.40. The van der Waals surface area contributed by atoms with Gasteiger partial charge in [-0.15, -0.1) is 11.3 Å². The molecule has 35 heavy (non-hydrogen) atoms. The number of hydrogen-bond acceptors (Lipinski definition) is 7.